The molecule has 26 heavy (non-hydrogen) atoms. The van der Waals surface area contributed by atoms with Crippen LogP contribution in [0, 0.1) is 5.92 Å². The molecule has 1 aromatic carbocycles. The number of esters is 1. The first kappa shape index (κ1) is 20.4. The number of rotatable bonds is 3. The Bertz CT molecular complexity index is 768. The number of pyridine rings is 1. The lowest BCUT2D eigenvalue weighted by molar-refractivity contribution is -0.146. The van der Waals surface area contributed by atoms with Gasteiger partial charge in [0.25, 0.3) is 0 Å². The van der Waals surface area contributed by atoms with Gasteiger partial charge in [-0.3, -0.25) is 14.8 Å². The van der Waals surface area contributed by atoms with E-state index in [1.54, 1.807) is 7.05 Å². The number of aromatic nitrogens is 1. The molecule has 3 rings (SSSR count). The number of fused-ring (bicyclic) bond motifs is 1. The van der Waals surface area contributed by atoms with Gasteiger partial charge in [0.15, 0.2) is 5.96 Å². The Kier molecular flexibility index (Phi) is 7.62. The van der Waals surface area contributed by atoms with Crippen molar-refractivity contribution in [2.75, 3.05) is 27.2 Å². The second kappa shape index (κ2) is 9.70. The molecule has 0 bridgehead atoms. The zero-order valence-electron chi connectivity index (χ0n) is 15.1. The van der Waals surface area contributed by atoms with Crippen LogP contribution in [0.15, 0.2) is 41.5 Å². The van der Waals surface area contributed by atoms with E-state index in [1.807, 2.05) is 24.4 Å². The molecule has 2 heterocycles. The monoisotopic (exact) mass is 468 g/mol. The average Bonchev–Trinajstić information content (AvgIpc) is 2.68. The molecule has 0 radical (unpaired) electrons. The van der Waals surface area contributed by atoms with Crippen LogP contribution in [0.25, 0.3) is 10.8 Å². The molecule has 0 saturated carbocycles. The second-order valence-electron chi connectivity index (χ2n) is 6.16. The summed E-state index contributed by atoms with van der Waals surface area (Å²) in [6.07, 6.45) is 3.42. The molecule has 7 heteroatoms. The smallest absolute Gasteiger partial charge is 0.308 e. The number of hydrogen-bond acceptors (Lipinski definition) is 4. The van der Waals surface area contributed by atoms with Gasteiger partial charge in [-0.25, -0.2) is 0 Å². The highest BCUT2D eigenvalue weighted by Gasteiger charge is 2.26. The van der Waals surface area contributed by atoms with Gasteiger partial charge in [-0.05, 0) is 24.3 Å². The number of nitrogens with one attached hydrogen (secondary N) is 1. The first-order valence-electron chi connectivity index (χ1n) is 8.59. The van der Waals surface area contributed by atoms with Crippen molar-refractivity contribution in [3.8, 4) is 0 Å². The quantitative estimate of drug-likeness (QED) is 0.325. The maximum Gasteiger partial charge on any atom is 0.308 e. The normalized spacial score (nSPS) is 15.5. The van der Waals surface area contributed by atoms with Crippen LogP contribution in [0.5, 0.6) is 0 Å². The zero-order valence-corrected chi connectivity index (χ0v) is 17.5. The van der Waals surface area contributed by atoms with Crippen LogP contribution in [0.2, 0.25) is 0 Å². The van der Waals surface area contributed by atoms with E-state index in [4.69, 9.17) is 4.74 Å². The van der Waals surface area contributed by atoms with Crippen molar-refractivity contribution in [1.29, 1.82) is 0 Å². The molecule has 1 saturated heterocycles. The number of halogens is 1. The van der Waals surface area contributed by atoms with E-state index in [0.717, 1.165) is 43.0 Å². The summed E-state index contributed by atoms with van der Waals surface area (Å²) in [5.74, 6) is 0.736. The first-order valence-corrected chi connectivity index (χ1v) is 8.59. The fourth-order valence-electron chi connectivity index (χ4n) is 3.31. The lowest BCUT2D eigenvalue weighted by Gasteiger charge is -2.33. The Labute approximate surface area is 171 Å². The summed E-state index contributed by atoms with van der Waals surface area (Å²) in [6.45, 7) is 2.20. The topological polar surface area (TPSA) is 66.8 Å². The van der Waals surface area contributed by atoms with Crippen molar-refractivity contribution in [3.05, 3.63) is 42.2 Å². The van der Waals surface area contributed by atoms with Gasteiger partial charge in [0.1, 0.15) is 0 Å². The van der Waals surface area contributed by atoms with Crippen LogP contribution < -0.4 is 5.32 Å². The van der Waals surface area contributed by atoms with Gasteiger partial charge in [-0.1, -0.05) is 24.3 Å². The molecule has 0 unspecified atom stereocenters. The highest BCUT2D eigenvalue weighted by Crippen LogP contribution is 2.19. The molecule has 0 amide bonds. The van der Waals surface area contributed by atoms with Crippen LogP contribution >= 0.6 is 24.0 Å². The lowest BCUT2D eigenvalue weighted by atomic mass is 9.97. The van der Waals surface area contributed by atoms with E-state index < -0.39 is 0 Å². The minimum atomic E-state index is -0.109. The molecule has 140 valence electrons. The molecule has 1 N–H and O–H groups in total. The Morgan fingerprint density at radius 3 is 2.73 bits per heavy atom. The summed E-state index contributed by atoms with van der Waals surface area (Å²) in [4.78, 5) is 22.7. The van der Waals surface area contributed by atoms with Crippen molar-refractivity contribution in [2.24, 2.45) is 10.9 Å². The molecule has 2 aromatic rings. The van der Waals surface area contributed by atoms with Crippen LogP contribution in [-0.4, -0.2) is 49.1 Å². The number of nitrogens with zero attached hydrogens (tertiary/aromatic N) is 3. The van der Waals surface area contributed by atoms with E-state index in [1.165, 1.54) is 12.5 Å². The SMILES string of the molecule is CN=C(NCc1nccc2ccccc12)N1CCC(C(=O)OC)CC1.I. The van der Waals surface area contributed by atoms with Gasteiger partial charge >= 0.3 is 5.97 Å². The van der Waals surface area contributed by atoms with E-state index >= 15 is 0 Å². The fraction of sp³-hybridized carbons (Fsp3) is 0.421. The number of benzene rings is 1. The molecule has 1 aromatic heterocycles. The third-order valence-electron chi connectivity index (χ3n) is 4.71. The standard InChI is InChI=1S/C19H24N4O2.HI/c1-20-19(23-11-8-15(9-12-23)18(24)25-2)22-13-17-16-6-4-3-5-14(16)7-10-21-17;/h3-7,10,15H,8-9,11-13H2,1-2H3,(H,20,22);1H. The van der Waals surface area contributed by atoms with Crippen molar-refractivity contribution in [2.45, 2.75) is 19.4 Å². The number of carbonyl (C=O) groups is 1. The number of methoxy groups -OCH3 is 1. The summed E-state index contributed by atoms with van der Waals surface area (Å²) < 4.78 is 4.85. The second-order valence-corrected chi connectivity index (χ2v) is 6.16. The molecule has 0 aliphatic carbocycles. The Balaban J connectivity index is 0.00000243. The Hall–Kier alpha value is -1.90. The predicted molar refractivity (Wildman–Crippen MR) is 114 cm³/mol. The number of piperidine rings is 1. The molecular formula is C19H25IN4O2. The van der Waals surface area contributed by atoms with E-state index in [-0.39, 0.29) is 35.9 Å². The molecule has 6 nitrogen and oxygen atoms in total. The number of hydrogen-bond donors (Lipinski definition) is 1. The van der Waals surface area contributed by atoms with Gasteiger partial charge < -0.3 is 15.0 Å². The van der Waals surface area contributed by atoms with Gasteiger partial charge in [-0.15, -0.1) is 24.0 Å². The lowest BCUT2D eigenvalue weighted by Crippen LogP contribution is -2.46. The van der Waals surface area contributed by atoms with Crippen LogP contribution in [0.1, 0.15) is 18.5 Å². The fourth-order valence-corrected chi connectivity index (χ4v) is 3.31. The summed E-state index contributed by atoms with van der Waals surface area (Å²) in [6, 6.07) is 10.3. The van der Waals surface area contributed by atoms with E-state index in [0.29, 0.717) is 6.54 Å². The number of guanidine groups is 1. The third kappa shape index (κ3) is 4.63. The maximum absolute atomic E-state index is 11.7. The highest BCUT2D eigenvalue weighted by atomic mass is 127. The summed E-state index contributed by atoms with van der Waals surface area (Å²) in [7, 11) is 3.23. The molecule has 1 aliphatic heterocycles. The van der Waals surface area contributed by atoms with E-state index in [2.05, 4.69) is 32.3 Å². The van der Waals surface area contributed by atoms with Crippen molar-refractivity contribution >= 4 is 46.7 Å². The molecule has 0 spiro atoms. The minimum Gasteiger partial charge on any atom is -0.469 e. The molecule has 0 atom stereocenters. The van der Waals surface area contributed by atoms with Gasteiger partial charge in [0.05, 0.1) is 25.3 Å². The Morgan fingerprint density at radius 2 is 2.04 bits per heavy atom. The van der Waals surface area contributed by atoms with Crippen LogP contribution in [0.3, 0.4) is 0 Å². The first-order chi connectivity index (χ1) is 12.2. The summed E-state index contributed by atoms with van der Waals surface area (Å²) in [5.41, 5.74) is 1.00. The number of likely N-dealkylation sites (tertiary alicyclic amines) is 1. The summed E-state index contributed by atoms with van der Waals surface area (Å²) in [5, 5.41) is 5.74. The molecule has 1 aliphatic rings. The maximum atomic E-state index is 11.7. The number of ether oxygens (including phenoxy) is 1. The third-order valence-corrected chi connectivity index (χ3v) is 4.71. The van der Waals surface area contributed by atoms with Crippen LogP contribution in [0.4, 0.5) is 0 Å². The predicted octanol–water partition coefficient (Wildman–Crippen LogP) is 2.81. The van der Waals surface area contributed by atoms with Crippen molar-refractivity contribution < 1.29 is 9.53 Å². The average molecular weight is 468 g/mol. The molecule has 1 fully saturated rings. The minimum absolute atomic E-state index is 0. The van der Waals surface area contributed by atoms with Crippen molar-refractivity contribution in [1.82, 2.24) is 15.2 Å². The van der Waals surface area contributed by atoms with Gasteiger partial charge in [0.2, 0.25) is 0 Å². The van der Waals surface area contributed by atoms with Gasteiger partial charge in [-0.2, -0.15) is 0 Å². The summed E-state index contributed by atoms with van der Waals surface area (Å²) >= 11 is 0. The highest BCUT2D eigenvalue weighted by molar-refractivity contribution is 14.0. The van der Waals surface area contributed by atoms with Crippen molar-refractivity contribution in [3.63, 3.8) is 0 Å². The van der Waals surface area contributed by atoms with Gasteiger partial charge in [0, 0.05) is 31.7 Å². The zero-order chi connectivity index (χ0) is 17.6. The number of carbonyl (C=O) groups excluding carboxylic acids is 1. The number of aliphatic imine (C=N–C) groups is 1. The van der Waals surface area contributed by atoms with Crippen LogP contribution in [-0.2, 0) is 16.1 Å². The Morgan fingerprint density at radius 1 is 1.31 bits per heavy atom. The van der Waals surface area contributed by atoms with E-state index in [9.17, 15) is 4.79 Å². The largest absolute Gasteiger partial charge is 0.469 e. The molecular weight excluding hydrogens is 443 g/mol.